The van der Waals surface area contributed by atoms with E-state index < -0.39 is 14.9 Å². The smallest absolute Gasteiger partial charge is 0.277 e. The van der Waals surface area contributed by atoms with Gasteiger partial charge in [-0.15, -0.1) is 0 Å². The van der Waals surface area contributed by atoms with E-state index in [1.807, 2.05) is 204 Å². The maximum Gasteiger partial charge on any atom is 0.277 e. The van der Waals surface area contributed by atoms with Crippen molar-refractivity contribution in [1.29, 1.82) is 0 Å². The number of nitrogen functional groups attached to an aromatic ring is 2. The number of hydrogen-bond acceptors (Lipinski definition) is 26. The minimum Gasteiger partial charge on any atom is -0.507 e. The zero-order chi connectivity index (χ0) is 86.6. The van der Waals surface area contributed by atoms with Crippen molar-refractivity contribution >= 4 is 80.5 Å². The summed E-state index contributed by atoms with van der Waals surface area (Å²) in [6.07, 6.45) is 16.7. The van der Waals surface area contributed by atoms with Crippen molar-refractivity contribution in [3.8, 4) is 72.8 Å². The van der Waals surface area contributed by atoms with Crippen molar-refractivity contribution in [2.45, 2.75) is 65.7 Å². The molecule has 34 nitrogen and oxygen atoms in total. The Labute approximate surface area is 701 Å². The van der Waals surface area contributed by atoms with Crippen LogP contribution in [0.4, 0.5) is 46.9 Å². The highest BCUT2D eigenvalue weighted by molar-refractivity contribution is 7.92. The van der Waals surface area contributed by atoms with Gasteiger partial charge in [0.2, 0.25) is 57.2 Å². The number of hydrogen-bond donors (Lipinski definition) is 8. The largest absolute Gasteiger partial charge is 0.507 e. The lowest BCUT2D eigenvalue weighted by Crippen LogP contribution is -2.21. The second-order valence-corrected chi connectivity index (χ2v) is 29.3. The Morgan fingerprint density at radius 3 is 1.45 bits per heavy atom. The van der Waals surface area contributed by atoms with Crippen LogP contribution in [0.15, 0.2) is 297 Å². The zero-order valence-corrected chi connectivity index (χ0v) is 67.9. The molecular formula is C87H90N20O14S. The molecule has 7 heterocycles. The maximum absolute atomic E-state index is 12.1. The molecule has 16 rings (SSSR count). The molecule has 1 aliphatic rings. The number of imidazole rings is 1. The summed E-state index contributed by atoms with van der Waals surface area (Å²) in [6.45, 7) is 6.39. The predicted molar refractivity (Wildman–Crippen MR) is 462 cm³/mol. The molecule has 0 saturated heterocycles. The van der Waals surface area contributed by atoms with Crippen molar-refractivity contribution in [2.75, 3.05) is 63.8 Å². The Kier molecular flexibility index (Phi) is 33.0. The van der Waals surface area contributed by atoms with Gasteiger partial charge >= 0.3 is 0 Å². The minimum absolute atomic E-state index is 0.0209. The summed E-state index contributed by atoms with van der Waals surface area (Å²) in [6, 6.07) is 70.1. The quantitative estimate of drug-likeness (QED) is 0.0218. The number of nitro benzene ring substituents is 1. The van der Waals surface area contributed by atoms with Gasteiger partial charge < -0.3 is 44.1 Å². The molecule has 0 spiro atoms. The monoisotopic (exact) mass is 1670 g/mol. The van der Waals surface area contributed by atoms with E-state index in [4.69, 9.17) is 29.6 Å². The number of nitrogens with zero attached hydrogens (tertiary/aromatic N) is 13. The van der Waals surface area contributed by atoms with E-state index in [2.05, 4.69) is 76.8 Å². The number of phenols is 1. The number of para-hydroxylation sites is 4. The lowest BCUT2D eigenvalue weighted by molar-refractivity contribution is -0.384. The van der Waals surface area contributed by atoms with E-state index in [0.29, 0.717) is 70.7 Å². The molecule has 4 amide bonds. The molecule has 15 aromatic rings. The number of aromatic hydroxyl groups is 1. The third-order valence-electron chi connectivity index (χ3n) is 17.7. The number of tetrazole rings is 1. The van der Waals surface area contributed by atoms with Crippen LogP contribution >= 0.6 is 0 Å². The predicted octanol–water partition coefficient (Wildman–Crippen LogP) is 16.4. The summed E-state index contributed by atoms with van der Waals surface area (Å²) < 4.78 is 54.3. The standard InChI is InChI=1S/C15H16N2O2.C14H11N5O.C14H17N3O2.C13H17N3O2S.C13H14N2O2.C9H7N3O3.C9H8N2O2/c18-14(12-8-4-5-9-12)17-15-13(10-16-19-15)11-6-2-1-3-7-11;20-13(11-7-3-1-4-8-11)15-14-16-17-18-19(14)12-9-5-2-6-10-12;1-17(2)9-8-13(18)16-14-12(10-15-19-14)11-6-4-3-5-7-11;1-11(2)9-19(17,18)15-13-8-14-10-16(13)12-6-4-3-5-7-12;1-2-6-12(16)15-13-11(9-14-17-13)10-7-4-3-5-8-10;10-9-7(5-11-15-9)6-3-1-2-4-8(6)12(13)14;10-9-7(5-11-13-9)6-3-1-2-4-8(6)12/h1-3,6-7,10,12H,4-5,8-9H2,(H,17,18);1-10H,(H,15,16,18,20);3-7,10H,8-9H2,1-2H3,(H,16,18);3-8,10-11,15H,9H2,1-2H3;3-5,7-9H,2,6H2,1H3,(H,15,16);1-5H,10H2;1-5,12H,10H2. The number of carbonyl (C=O) groups is 4. The lowest BCUT2D eigenvalue weighted by Gasteiger charge is -2.12. The number of anilines is 7. The van der Waals surface area contributed by atoms with Gasteiger partial charge in [-0.1, -0.05) is 240 Å². The van der Waals surface area contributed by atoms with E-state index in [0.717, 1.165) is 76.9 Å². The molecule has 1 fully saturated rings. The number of aromatic nitrogens is 11. The summed E-state index contributed by atoms with van der Waals surface area (Å²) in [7, 11) is 0.510. The van der Waals surface area contributed by atoms with Crippen LogP contribution in [0.5, 0.6) is 5.75 Å². The number of nitrogens with one attached hydrogen (secondary N) is 5. The number of nitrogens with two attached hydrogens (primary N) is 2. The highest BCUT2D eigenvalue weighted by Gasteiger charge is 2.26. The molecule has 0 aliphatic heterocycles. The van der Waals surface area contributed by atoms with Crippen LogP contribution in [-0.2, 0) is 24.4 Å². The van der Waals surface area contributed by atoms with E-state index in [1.54, 1.807) is 90.1 Å². The summed E-state index contributed by atoms with van der Waals surface area (Å²) in [5.74, 6) is 2.38. The van der Waals surface area contributed by atoms with Crippen LogP contribution in [0, 0.1) is 22.0 Å². The molecule has 0 unspecified atom stereocenters. The van der Waals surface area contributed by atoms with Gasteiger partial charge in [-0.2, -0.15) is 4.68 Å². The summed E-state index contributed by atoms with van der Waals surface area (Å²) >= 11 is 0. The highest BCUT2D eigenvalue weighted by Crippen LogP contribution is 2.36. The van der Waals surface area contributed by atoms with Gasteiger partial charge in [0, 0.05) is 48.2 Å². The van der Waals surface area contributed by atoms with Crippen molar-refractivity contribution in [1.82, 2.24) is 60.4 Å². The molecule has 35 heteroatoms. The van der Waals surface area contributed by atoms with Crippen molar-refractivity contribution in [2.24, 2.45) is 11.8 Å². The molecule has 0 bridgehead atoms. The first kappa shape index (κ1) is 88.8. The first-order valence-corrected chi connectivity index (χ1v) is 40.0. The van der Waals surface area contributed by atoms with Crippen LogP contribution in [0.3, 0.4) is 0 Å². The highest BCUT2D eigenvalue weighted by atomic mass is 32.2. The van der Waals surface area contributed by atoms with E-state index in [-0.39, 0.29) is 70.4 Å². The number of nitro groups is 1. The molecule has 7 aromatic heterocycles. The number of rotatable bonds is 23. The SMILES string of the molecule is CC(C)CS(=O)(=O)Nc1cncn1-c1ccccc1.CCCC(=O)Nc1oncc1-c1ccccc1.CN(C)CCC(=O)Nc1oncc1-c1ccccc1.Nc1oncc1-c1ccccc1O.Nc1oncc1-c1ccccc1[N+](=O)[O-].O=C(Nc1nnnn1-c1ccccc1)c1ccccc1.O=C(Nc1oncc1-c1ccccc1)C1CCCC1. The van der Waals surface area contributed by atoms with Crippen LogP contribution < -0.4 is 37.5 Å². The van der Waals surface area contributed by atoms with Gasteiger partial charge in [-0.25, -0.2) is 13.4 Å². The molecule has 0 radical (unpaired) electrons. The lowest BCUT2D eigenvalue weighted by atomic mass is 10.1. The van der Waals surface area contributed by atoms with E-state index >= 15 is 0 Å². The first-order chi connectivity index (χ1) is 59.1. The van der Waals surface area contributed by atoms with Crippen LogP contribution in [0.25, 0.3) is 67.0 Å². The van der Waals surface area contributed by atoms with Gasteiger partial charge in [-0.05, 0) is 115 Å². The molecule has 1 saturated carbocycles. The number of benzene rings is 8. The van der Waals surface area contributed by atoms with Gasteiger partial charge in [0.25, 0.3) is 17.5 Å². The fraction of sp³-hybridized carbons (Fsp3) is 0.184. The topological polar surface area (TPSA) is 473 Å². The number of sulfonamides is 1. The van der Waals surface area contributed by atoms with E-state index in [9.17, 15) is 42.8 Å². The van der Waals surface area contributed by atoms with Gasteiger partial charge in [0.1, 0.15) is 17.9 Å². The molecule has 1 aliphatic carbocycles. The fourth-order valence-electron chi connectivity index (χ4n) is 11.8. The van der Waals surface area contributed by atoms with Crippen LogP contribution in [0.2, 0.25) is 0 Å². The summed E-state index contributed by atoms with van der Waals surface area (Å²) in [5, 5.41) is 60.8. The number of amides is 4. The van der Waals surface area contributed by atoms with Crippen LogP contribution in [0.1, 0.15) is 76.1 Å². The Morgan fingerprint density at radius 2 is 0.975 bits per heavy atom. The fourth-order valence-corrected chi connectivity index (χ4v) is 13.3. The van der Waals surface area contributed by atoms with E-state index in [1.165, 1.54) is 29.3 Å². The minimum atomic E-state index is -3.35. The Hall–Kier alpha value is -15.5. The third-order valence-corrected chi connectivity index (χ3v) is 19.3. The average molecular weight is 1670 g/mol. The second-order valence-electron chi connectivity index (χ2n) is 27.5. The third kappa shape index (κ3) is 26.5. The van der Waals surface area contributed by atoms with Gasteiger partial charge in [0.15, 0.2) is 0 Å². The Balaban J connectivity index is 0.000000150. The molecule has 0 atom stereocenters. The van der Waals surface area contributed by atoms with Crippen molar-refractivity contribution in [3.63, 3.8) is 0 Å². The summed E-state index contributed by atoms with van der Waals surface area (Å²) in [5.41, 5.74) is 20.6. The molecule has 10 N–H and O–H groups in total. The van der Waals surface area contributed by atoms with Crippen molar-refractivity contribution < 1.29 is 60.2 Å². The molecule has 122 heavy (non-hydrogen) atoms. The molecule has 8 aromatic carbocycles. The zero-order valence-electron chi connectivity index (χ0n) is 67.1. The molecule has 628 valence electrons. The Morgan fingerprint density at radius 1 is 0.541 bits per heavy atom. The second kappa shape index (κ2) is 45.3. The number of carbonyl (C=O) groups excluding carboxylic acids is 4. The summed E-state index contributed by atoms with van der Waals surface area (Å²) in [4.78, 5) is 63.7. The van der Waals surface area contributed by atoms with Gasteiger partial charge in [-0.3, -0.25) is 59.8 Å². The van der Waals surface area contributed by atoms with Crippen LogP contribution in [-0.4, -0.2) is 129 Å². The number of phenolic OH excluding ortho intramolecular Hbond substituents is 1. The van der Waals surface area contributed by atoms with Crippen molar-refractivity contribution in [3.05, 3.63) is 290 Å². The normalized spacial score (nSPS) is 11.3. The Bertz CT molecular complexity index is 5860. The average Bonchev–Trinajstić information content (AvgIpc) is 1.57. The first-order valence-electron chi connectivity index (χ1n) is 38.4. The van der Waals surface area contributed by atoms with Gasteiger partial charge in [0.05, 0.1) is 86.9 Å². The maximum atomic E-state index is 12.1. The molecular weight excluding hydrogens is 1580 g/mol.